The lowest BCUT2D eigenvalue weighted by Gasteiger charge is -2.33. The van der Waals surface area contributed by atoms with E-state index in [4.69, 9.17) is 4.74 Å². The van der Waals surface area contributed by atoms with Gasteiger partial charge in [0.1, 0.15) is 18.1 Å². The maximum absolute atomic E-state index is 12.7. The van der Waals surface area contributed by atoms with Gasteiger partial charge in [-0.15, -0.1) is 0 Å². The standard InChI is InChI=1S/C16H16N4O3/c1-11-16(22)19(12-4-2-3-5-13(12)23-11)10-15(21)18-8-9-20-14(18)6-7-17-20/h2-7,11H,8-10H2,1H3. The van der Waals surface area contributed by atoms with Crippen LogP contribution >= 0.6 is 0 Å². The molecule has 1 unspecified atom stereocenters. The Morgan fingerprint density at radius 1 is 1.30 bits per heavy atom. The molecule has 4 rings (SSSR count). The lowest BCUT2D eigenvalue weighted by Crippen LogP contribution is -2.49. The predicted octanol–water partition coefficient (Wildman–Crippen LogP) is 1.04. The molecule has 0 saturated heterocycles. The number of anilines is 2. The van der Waals surface area contributed by atoms with Gasteiger partial charge >= 0.3 is 0 Å². The Kier molecular flexibility index (Phi) is 3.07. The number of amides is 2. The molecule has 0 fully saturated rings. The van der Waals surface area contributed by atoms with Crippen LogP contribution in [0.15, 0.2) is 36.5 Å². The van der Waals surface area contributed by atoms with Crippen molar-refractivity contribution < 1.29 is 14.3 Å². The predicted molar refractivity (Wildman–Crippen MR) is 83.5 cm³/mol. The van der Waals surface area contributed by atoms with Crippen LogP contribution in [0.4, 0.5) is 11.5 Å². The van der Waals surface area contributed by atoms with Crippen molar-refractivity contribution in [3.8, 4) is 5.75 Å². The molecule has 1 aromatic carbocycles. The summed E-state index contributed by atoms with van der Waals surface area (Å²) < 4.78 is 7.38. The fourth-order valence-electron chi connectivity index (χ4n) is 3.03. The van der Waals surface area contributed by atoms with Crippen molar-refractivity contribution >= 4 is 23.3 Å². The Morgan fingerprint density at radius 3 is 3.00 bits per heavy atom. The van der Waals surface area contributed by atoms with Crippen molar-refractivity contribution in [2.24, 2.45) is 0 Å². The minimum Gasteiger partial charge on any atom is -0.479 e. The summed E-state index contributed by atoms with van der Waals surface area (Å²) in [4.78, 5) is 28.3. The molecule has 0 saturated carbocycles. The van der Waals surface area contributed by atoms with Gasteiger partial charge in [-0.3, -0.25) is 19.4 Å². The van der Waals surface area contributed by atoms with Crippen molar-refractivity contribution in [2.45, 2.75) is 19.6 Å². The summed E-state index contributed by atoms with van der Waals surface area (Å²) in [5, 5.41) is 4.16. The Hall–Kier alpha value is -2.83. The van der Waals surface area contributed by atoms with E-state index in [1.807, 2.05) is 18.2 Å². The van der Waals surface area contributed by atoms with E-state index in [1.165, 1.54) is 4.90 Å². The van der Waals surface area contributed by atoms with Crippen molar-refractivity contribution in [3.63, 3.8) is 0 Å². The number of rotatable bonds is 2. The summed E-state index contributed by atoms with van der Waals surface area (Å²) in [5.74, 6) is 1.07. The van der Waals surface area contributed by atoms with Crippen LogP contribution in [-0.2, 0) is 16.1 Å². The van der Waals surface area contributed by atoms with E-state index in [9.17, 15) is 9.59 Å². The summed E-state index contributed by atoms with van der Waals surface area (Å²) in [6.45, 7) is 2.95. The third kappa shape index (κ3) is 2.16. The molecule has 2 aliphatic rings. The van der Waals surface area contributed by atoms with Crippen LogP contribution in [0.25, 0.3) is 0 Å². The second kappa shape index (κ2) is 5.12. The SMILES string of the molecule is CC1Oc2ccccc2N(CC(=O)N2CCn3nccc32)C1=O. The van der Waals surface area contributed by atoms with Gasteiger partial charge in [0.2, 0.25) is 5.91 Å². The molecule has 3 heterocycles. The zero-order valence-corrected chi connectivity index (χ0v) is 12.7. The van der Waals surface area contributed by atoms with Crippen molar-refractivity contribution in [1.29, 1.82) is 0 Å². The third-order valence-electron chi connectivity index (χ3n) is 4.17. The smallest absolute Gasteiger partial charge is 0.268 e. The van der Waals surface area contributed by atoms with Crippen LogP contribution in [-0.4, -0.2) is 40.8 Å². The van der Waals surface area contributed by atoms with Crippen LogP contribution in [0.1, 0.15) is 6.92 Å². The van der Waals surface area contributed by atoms with Crippen molar-refractivity contribution in [3.05, 3.63) is 36.5 Å². The first-order valence-corrected chi connectivity index (χ1v) is 7.54. The Labute approximate surface area is 133 Å². The second-order valence-corrected chi connectivity index (χ2v) is 5.61. The molecule has 0 radical (unpaired) electrons. The monoisotopic (exact) mass is 312 g/mol. The van der Waals surface area contributed by atoms with E-state index in [-0.39, 0.29) is 18.4 Å². The first-order chi connectivity index (χ1) is 11.1. The fourth-order valence-corrected chi connectivity index (χ4v) is 3.03. The number of nitrogens with zero attached hydrogens (tertiary/aromatic N) is 4. The number of aromatic nitrogens is 2. The normalized spacial score (nSPS) is 19.3. The molecule has 7 heteroatoms. The Balaban J connectivity index is 1.61. The Bertz CT molecular complexity index is 785. The van der Waals surface area contributed by atoms with Gasteiger partial charge in [0.05, 0.1) is 18.4 Å². The van der Waals surface area contributed by atoms with Gasteiger partial charge in [-0.05, 0) is 19.1 Å². The molecule has 23 heavy (non-hydrogen) atoms. The molecule has 0 aliphatic carbocycles. The first-order valence-electron chi connectivity index (χ1n) is 7.54. The summed E-state index contributed by atoms with van der Waals surface area (Å²) in [7, 11) is 0. The molecular formula is C16H16N4O3. The van der Waals surface area contributed by atoms with E-state index >= 15 is 0 Å². The van der Waals surface area contributed by atoms with Crippen LogP contribution in [0, 0.1) is 0 Å². The van der Waals surface area contributed by atoms with Gasteiger partial charge in [-0.25, -0.2) is 4.68 Å². The molecule has 7 nitrogen and oxygen atoms in total. The molecule has 2 amide bonds. The number of para-hydroxylation sites is 2. The van der Waals surface area contributed by atoms with Gasteiger partial charge in [0.15, 0.2) is 6.10 Å². The van der Waals surface area contributed by atoms with Crippen LogP contribution in [0.2, 0.25) is 0 Å². The quantitative estimate of drug-likeness (QED) is 0.831. The topological polar surface area (TPSA) is 67.7 Å². The van der Waals surface area contributed by atoms with E-state index in [1.54, 1.807) is 34.8 Å². The lowest BCUT2D eigenvalue weighted by atomic mass is 10.2. The highest BCUT2D eigenvalue weighted by atomic mass is 16.5. The molecule has 0 N–H and O–H groups in total. The molecular weight excluding hydrogens is 296 g/mol. The molecule has 1 aromatic heterocycles. The van der Waals surface area contributed by atoms with Crippen molar-refractivity contribution in [1.82, 2.24) is 9.78 Å². The average molecular weight is 312 g/mol. The molecule has 0 spiro atoms. The number of fused-ring (bicyclic) bond motifs is 2. The van der Waals surface area contributed by atoms with Crippen LogP contribution < -0.4 is 14.5 Å². The number of ether oxygens (including phenoxy) is 1. The van der Waals surface area contributed by atoms with Crippen LogP contribution in [0.5, 0.6) is 5.75 Å². The minimum absolute atomic E-state index is 0.00523. The summed E-state index contributed by atoms with van der Waals surface area (Å²) in [5.41, 5.74) is 0.636. The second-order valence-electron chi connectivity index (χ2n) is 5.61. The zero-order valence-electron chi connectivity index (χ0n) is 12.7. The van der Waals surface area contributed by atoms with Crippen LogP contribution in [0.3, 0.4) is 0 Å². The molecule has 0 bridgehead atoms. The number of hydrogen-bond acceptors (Lipinski definition) is 4. The maximum Gasteiger partial charge on any atom is 0.268 e. The zero-order chi connectivity index (χ0) is 16.0. The van der Waals surface area contributed by atoms with E-state index in [2.05, 4.69) is 5.10 Å². The fraction of sp³-hybridized carbons (Fsp3) is 0.312. The average Bonchev–Trinajstić information content (AvgIpc) is 3.14. The number of hydrogen-bond donors (Lipinski definition) is 0. The van der Waals surface area contributed by atoms with Gasteiger partial charge in [0.25, 0.3) is 5.91 Å². The van der Waals surface area contributed by atoms with E-state index in [0.29, 0.717) is 24.5 Å². The molecule has 118 valence electrons. The summed E-state index contributed by atoms with van der Waals surface area (Å²) in [6, 6.07) is 9.08. The largest absolute Gasteiger partial charge is 0.479 e. The van der Waals surface area contributed by atoms with Gasteiger partial charge in [-0.2, -0.15) is 5.10 Å². The maximum atomic E-state index is 12.7. The number of benzene rings is 1. The summed E-state index contributed by atoms with van der Waals surface area (Å²) in [6.07, 6.45) is 1.08. The van der Waals surface area contributed by atoms with Gasteiger partial charge < -0.3 is 4.74 Å². The Morgan fingerprint density at radius 2 is 2.13 bits per heavy atom. The van der Waals surface area contributed by atoms with E-state index in [0.717, 1.165) is 5.82 Å². The lowest BCUT2D eigenvalue weighted by molar-refractivity contribution is -0.127. The van der Waals surface area contributed by atoms with Gasteiger partial charge in [0, 0.05) is 12.6 Å². The highest BCUT2D eigenvalue weighted by Crippen LogP contribution is 2.33. The van der Waals surface area contributed by atoms with Gasteiger partial charge in [-0.1, -0.05) is 12.1 Å². The highest BCUT2D eigenvalue weighted by Gasteiger charge is 2.35. The number of carbonyl (C=O) groups excluding carboxylic acids is 2. The molecule has 1 atom stereocenters. The van der Waals surface area contributed by atoms with E-state index < -0.39 is 6.10 Å². The summed E-state index contributed by atoms with van der Waals surface area (Å²) >= 11 is 0. The third-order valence-corrected chi connectivity index (χ3v) is 4.17. The molecule has 2 aromatic rings. The minimum atomic E-state index is -0.596. The highest BCUT2D eigenvalue weighted by molar-refractivity contribution is 6.06. The molecule has 2 aliphatic heterocycles. The number of carbonyl (C=O) groups is 2. The van der Waals surface area contributed by atoms with Crippen molar-refractivity contribution in [2.75, 3.05) is 22.9 Å². The first kappa shape index (κ1) is 13.8.